The van der Waals surface area contributed by atoms with Crippen LogP contribution in [0, 0.1) is 5.92 Å². The first kappa shape index (κ1) is 18.8. The van der Waals surface area contributed by atoms with Gasteiger partial charge in [0.1, 0.15) is 0 Å². The molecule has 142 valence electrons. The van der Waals surface area contributed by atoms with Crippen molar-refractivity contribution in [1.82, 2.24) is 0 Å². The van der Waals surface area contributed by atoms with Gasteiger partial charge < -0.3 is 19.7 Å². The van der Waals surface area contributed by atoms with Gasteiger partial charge in [0, 0.05) is 30.4 Å². The van der Waals surface area contributed by atoms with E-state index in [0.29, 0.717) is 23.7 Å². The third-order valence-corrected chi connectivity index (χ3v) is 4.78. The lowest BCUT2D eigenvalue weighted by Gasteiger charge is -2.17. The smallest absolute Gasteiger partial charge is 0.229 e. The van der Waals surface area contributed by atoms with Gasteiger partial charge in [-0.15, -0.1) is 0 Å². The first-order chi connectivity index (χ1) is 13.0. The van der Waals surface area contributed by atoms with Crippen molar-refractivity contribution in [3.63, 3.8) is 0 Å². The molecular formula is C21H24N2O4. The fraction of sp³-hybridized carbons (Fsp3) is 0.333. The molecule has 1 saturated heterocycles. The Morgan fingerprint density at radius 3 is 2.63 bits per heavy atom. The van der Waals surface area contributed by atoms with Crippen molar-refractivity contribution in [2.75, 3.05) is 31.0 Å². The molecule has 2 aromatic carbocycles. The maximum absolute atomic E-state index is 12.7. The summed E-state index contributed by atoms with van der Waals surface area (Å²) < 4.78 is 10.5. The second-order valence-electron chi connectivity index (χ2n) is 6.49. The molecule has 0 aromatic heterocycles. The summed E-state index contributed by atoms with van der Waals surface area (Å²) in [5.41, 5.74) is 2.62. The van der Waals surface area contributed by atoms with E-state index in [9.17, 15) is 9.59 Å². The standard InChI is InChI=1S/C21H24N2O4/c1-4-14-6-5-7-17(10-14)23-13-15(11-20(23)24)21(25)22-16-8-9-18(26-2)19(12-16)27-3/h5-10,12,15H,4,11,13H2,1-3H3,(H,22,25)/t15-/m0/s1. The molecule has 27 heavy (non-hydrogen) atoms. The Morgan fingerprint density at radius 2 is 1.93 bits per heavy atom. The van der Waals surface area contributed by atoms with Crippen molar-refractivity contribution in [3.05, 3.63) is 48.0 Å². The SMILES string of the molecule is CCc1cccc(N2C[C@@H](C(=O)Nc3ccc(OC)c(OC)c3)CC2=O)c1. The minimum absolute atomic E-state index is 0.0317. The molecule has 6 heteroatoms. The average Bonchev–Trinajstić information content (AvgIpc) is 3.09. The van der Waals surface area contributed by atoms with E-state index in [1.165, 1.54) is 5.56 Å². The molecule has 1 aliphatic heterocycles. The molecule has 0 spiro atoms. The first-order valence-corrected chi connectivity index (χ1v) is 8.98. The van der Waals surface area contributed by atoms with E-state index < -0.39 is 5.92 Å². The zero-order valence-corrected chi connectivity index (χ0v) is 15.8. The largest absolute Gasteiger partial charge is 0.493 e. The van der Waals surface area contributed by atoms with Crippen LogP contribution >= 0.6 is 0 Å². The minimum atomic E-state index is -0.393. The van der Waals surface area contributed by atoms with E-state index in [4.69, 9.17) is 9.47 Å². The van der Waals surface area contributed by atoms with Crippen LogP contribution in [0.3, 0.4) is 0 Å². The first-order valence-electron chi connectivity index (χ1n) is 8.98. The van der Waals surface area contributed by atoms with Crippen LogP contribution in [0.4, 0.5) is 11.4 Å². The summed E-state index contributed by atoms with van der Waals surface area (Å²) in [4.78, 5) is 26.8. The second-order valence-corrected chi connectivity index (χ2v) is 6.49. The van der Waals surface area contributed by atoms with Crippen molar-refractivity contribution in [3.8, 4) is 11.5 Å². The highest BCUT2D eigenvalue weighted by Gasteiger charge is 2.35. The maximum Gasteiger partial charge on any atom is 0.229 e. The molecule has 6 nitrogen and oxygen atoms in total. The van der Waals surface area contributed by atoms with Crippen LogP contribution in [0.25, 0.3) is 0 Å². The predicted octanol–water partition coefficient (Wildman–Crippen LogP) is 3.26. The molecule has 1 N–H and O–H groups in total. The van der Waals surface area contributed by atoms with Gasteiger partial charge in [0.05, 0.1) is 20.1 Å². The molecule has 2 amide bonds. The molecule has 0 bridgehead atoms. The highest BCUT2D eigenvalue weighted by molar-refractivity contribution is 6.03. The Morgan fingerprint density at radius 1 is 1.15 bits per heavy atom. The number of rotatable bonds is 6. The van der Waals surface area contributed by atoms with Crippen LogP contribution in [0.2, 0.25) is 0 Å². The van der Waals surface area contributed by atoms with Gasteiger partial charge in [-0.2, -0.15) is 0 Å². The van der Waals surface area contributed by atoms with Crippen LogP contribution in [0.1, 0.15) is 18.9 Å². The van der Waals surface area contributed by atoms with Crippen molar-refractivity contribution in [2.45, 2.75) is 19.8 Å². The normalized spacial score (nSPS) is 16.3. The number of benzene rings is 2. The van der Waals surface area contributed by atoms with Gasteiger partial charge in [0.15, 0.2) is 11.5 Å². The minimum Gasteiger partial charge on any atom is -0.493 e. The summed E-state index contributed by atoms with van der Waals surface area (Å²) in [5, 5.41) is 2.87. The highest BCUT2D eigenvalue weighted by atomic mass is 16.5. The second kappa shape index (κ2) is 8.12. The number of anilines is 2. The quantitative estimate of drug-likeness (QED) is 0.850. The number of carbonyl (C=O) groups is 2. The molecule has 1 heterocycles. The Balaban J connectivity index is 1.70. The number of aryl methyl sites for hydroxylation is 1. The summed E-state index contributed by atoms with van der Waals surface area (Å²) in [7, 11) is 3.10. The third-order valence-electron chi connectivity index (χ3n) is 4.78. The van der Waals surface area contributed by atoms with E-state index in [1.54, 1.807) is 37.3 Å². The molecule has 0 aliphatic carbocycles. The lowest BCUT2D eigenvalue weighted by molar-refractivity contribution is -0.122. The monoisotopic (exact) mass is 368 g/mol. The molecule has 0 radical (unpaired) electrons. The number of carbonyl (C=O) groups excluding carboxylic acids is 2. The molecule has 1 atom stereocenters. The fourth-order valence-corrected chi connectivity index (χ4v) is 3.24. The number of nitrogens with one attached hydrogen (secondary N) is 1. The molecule has 0 saturated carbocycles. The van der Waals surface area contributed by atoms with Gasteiger partial charge >= 0.3 is 0 Å². The van der Waals surface area contributed by atoms with Gasteiger partial charge in [-0.1, -0.05) is 19.1 Å². The molecule has 1 fully saturated rings. The van der Waals surface area contributed by atoms with Crippen LogP contribution in [-0.2, 0) is 16.0 Å². The van der Waals surface area contributed by atoms with Crippen LogP contribution in [0.5, 0.6) is 11.5 Å². The molecule has 2 aromatic rings. The van der Waals surface area contributed by atoms with Crippen LogP contribution in [-0.4, -0.2) is 32.6 Å². The van der Waals surface area contributed by atoms with E-state index in [0.717, 1.165) is 12.1 Å². The number of methoxy groups -OCH3 is 2. The predicted molar refractivity (Wildman–Crippen MR) is 104 cm³/mol. The van der Waals surface area contributed by atoms with Gasteiger partial charge in [-0.25, -0.2) is 0 Å². The lowest BCUT2D eigenvalue weighted by atomic mass is 10.1. The van der Waals surface area contributed by atoms with Gasteiger partial charge in [-0.05, 0) is 36.2 Å². The summed E-state index contributed by atoms with van der Waals surface area (Å²) in [6.07, 6.45) is 1.11. The number of hydrogen-bond acceptors (Lipinski definition) is 4. The van der Waals surface area contributed by atoms with E-state index in [-0.39, 0.29) is 18.2 Å². The van der Waals surface area contributed by atoms with E-state index >= 15 is 0 Å². The fourth-order valence-electron chi connectivity index (χ4n) is 3.24. The Hall–Kier alpha value is -3.02. The summed E-state index contributed by atoms with van der Waals surface area (Å²) in [6.45, 7) is 2.45. The van der Waals surface area contributed by atoms with Gasteiger partial charge in [-0.3, -0.25) is 9.59 Å². The topological polar surface area (TPSA) is 67.9 Å². The molecular weight excluding hydrogens is 344 g/mol. The number of nitrogens with zero attached hydrogens (tertiary/aromatic N) is 1. The zero-order valence-electron chi connectivity index (χ0n) is 15.8. The number of hydrogen-bond donors (Lipinski definition) is 1. The van der Waals surface area contributed by atoms with Crippen LogP contribution in [0.15, 0.2) is 42.5 Å². The maximum atomic E-state index is 12.7. The Bertz CT molecular complexity index is 850. The van der Waals surface area contributed by atoms with Gasteiger partial charge in [0.2, 0.25) is 11.8 Å². The molecule has 3 rings (SSSR count). The highest BCUT2D eigenvalue weighted by Crippen LogP contribution is 2.31. The third kappa shape index (κ3) is 4.05. The number of ether oxygens (including phenoxy) is 2. The Kier molecular flexibility index (Phi) is 5.64. The summed E-state index contributed by atoms with van der Waals surface area (Å²) >= 11 is 0. The van der Waals surface area contributed by atoms with Crippen LogP contribution < -0.4 is 19.7 Å². The average molecular weight is 368 g/mol. The Labute approximate surface area is 159 Å². The van der Waals surface area contributed by atoms with E-state index in [1.807, 2.05) is 24.3 Å². The molecule has 0 unspecified atom stereocenters. The van der Waals surface area contributed by atoms with Crippen molar-refractivity contribution < 1.29 is 19.1 Å². The zero-order chi connectivity index (χ0) is 19.4. The van der Waals surface area contributed by atoms with Crippen molar-refractivity contribution in [1.29, 1.82) is 0 Å². The van der Waals surface area contributed by atoms with Crippen molar-refractivity contribution >= 4 is 23.2 Å². The van der Waals surface area contributed by atoms with Gasteiger partial charge in [0.25, 0.3) is 0 Å². The lowest BCUT2D eigenvalue weighted by Crippen LogP contribution is -2.28. The molecule has 1 aliphatic rings. The summed E-state index contributed by atoms with van der Waals surface area (Å²) in [6, 6.07) is 13.1. The van der Waals surface area contributed by atoms with E-state index in [2.05, 4.69) is 12.2 Å². The van der Waals surface area contributed by atoms with Crippen molar-refractivity contribution in [2.24, 2.45) is 5.92 Å². The summed E-state index contributed by atoms with van der Waals surface area (Å²) in [5.74, 6) is 0.528. The number of amides is 2.